The van der Waals surface area contributed by atoms with Crippen LogP contribution in [0, 0.1) is 17.8 Å². The van der Waals surface area contributed by atoms with Crippen molar-refractivity contribution in [1.29, 1.82) is 0 Å². The number of likely N-dealkylation sites (N-methyl/N-ethyl adjacent to an activating group) is 1. The van der Waals surface area contributed by atoms with Gasteiger partial charge >= 0.3 is 0 Å². The molecule has 0 aliphatic heterocycles. The van der Waals surface area contributed by atoms with Gasteiger partial charge in [0.2, 0.25) is 5.91 Å². The molecule has 0 heterocycles. The summed E-state index contributed by atoms with van der Waals surface area (Å²) in [4.78, 5) is 23.8. The number of rotatable bonds is 16. The van der Waals surface area contributed by atoms with Crippen LogP contribution in [0.1, 0.15) is 37.0 Å². The largest absolute Gasteiger partial charge is 0.489 e. The fourth-order valence-electron chi connectivity index (χ4n) is 2.70. The van der Waals surface area contributed by atoms with Crippen LogP contribution in [0.25, 0.3) is 0 Å². The number of ether oxygens (including phenoxy) is 3. The number of amides is 2. The highest BCUT2D eigenvalue weighted by Crippen LogP contribution is 2.13. The van der Waals surface area contributed by atoms with Gasteiger partial charge < -0.3 is 35.9 Å². The zero-order chi connectivity index (χ0) is 24.3. The van der Waals surface area contributed by atoms with Gasteiger partial charge in [-0.1, -0.05) is 38.2 Å². The predicted octanol–water partition coefficient (Wildman–Crippen LogP) is 0.888. The van der Waals surface area contributed by atoms with Crippen molar-refractivity contribution < 1.29 is 23.8 Å². The molecule has 1 aromatic rings. The molecule has 0 aliphatic carbocycles. The minimum absolute atomic E-state index is 0.0650. The Morgan fingerprint density at radius 1 is 1.18 bits per heavy atom. The Kier molecular flexibility index (Phi) is 15.4. The maximum Gasteiger partial charge on any atom is 0.251 e. The number of hydrogen-bond acceptors (Lipinski definition) is 7. The van der Waals surface area contributed by atoms with Crippen molar-refractivity contribution >= 4 is 11.8 Å². The third kappa shape index (κ3) is 14.2. The summed E-state index contributed by atoms with van der Waals surface area (Å²) < 4.78 is 16.3. The zero-order valence-electron chi connectivity index (χ0n) is 19.9. The number of nitrogens with one attached hydrogen (secondary N) is 3. The van der Waals surface area contributed by atoms with Crippen molar-refractivity contribution in [2.75, 3.05) is 53.1 Å². The highest BCUT2D eigenvalue weighted by Gasteiger charge is 2.08. The molecule has 0 saturated heterocycles. The molecule has 184 valence electrons. The highest BCUT2D eigenvalue weighted by atomic mass is 16.6. The third-order valence-electron chi connectivity index (χ3n) is 4.41. The molecule has 2 amide bonds. The van der Waals surface area contributed by atoms with Crippen molar-refractivity contribution in [2.24, 2.45) is 11.7 Å². The van der Waals surface area contributed by atoms with E-state index < -0.39 is 6.23 Å². The molecule has 0 spiro atoms. The second-order valence-electron chi connectivity index (χ2n) is 7.45. The Balaban J connectivity index is 2.16. The number of carbonyl (C=O) groups excluding carboxylic acids is 2. The van der Waals surface area contributed by atoms with Crippen molar-refractivity contribution in [3.63, 3.8) is 0 Å². The lowest BCUT2D eigenvalue weighted by Gasteiger charge is -2.15. The molecular weight excluding hydrogens is 424 g/mol. The SMILES string of the molecule is CCCC(C)C#CCNC(=O)COCCOC(N)COc1cccc(C(=O)NCCNC)c1. The first-order valence-electron chi connectivity index (χ1n) is 11.3. The molecular formula is C24H38N4O5. The Hall–Kier alpha value is -2.64. The van der Waals surface area contributed by atoms with Crippen molar-refractivity contribution in [3.8, 4) is 17.6 Å². The molecule has 1 aromatic carbocycles. The Morgan fingerprint density at radius 3 is 2.76 bits per heavy atom. The summed E-state index contributed by atoms with van der Waals surface area (Å²) in [7, 11) is 1.82. The molecule has 0 radical (unpaired) electrons. The molecule has 2 unspecified atom stereocenters. The zero-order valence-corrected chi connectivity index (χ0v) is 19.9. The van der Waals surface area contributed by atoms with Crippen molar-refractivity contribution in [2.45, 2.75) is 32.9 Å². The second kappa shape index (κ2) is 17.9. The molecule has 9 nitrogen and oxygen atoms in total. The van der Waals surface area contributed by atoms with Crippen molar-refractivity contribution in [1.82, 2.24) is 16.0 Å². The molecule has 9 heteroatoms. The van der Waals surface area contributed by atoms with E-state index >= 15 is 0 Å². The fourth-order valence-corrected chi connectivity index (χ4v) is 2.70. The number of benzene rings is 1. The van der Waals surface area contributed by atoms with Gasteiger partial charge in [0.1, 0.15) is 25.2 Å². The third-order valence-corrected chi connectivity index (χ3v) is 4.41. The van der Waals surface area contributed by atoms with E-state index in [9.17, 15) is 9.59 Å². The lowest BCUT2D eigenvalue weighted by molar-refractivity contribution is -0.126. The summed E-state index contributed by atoms with van der Waals surface area (Å²) in [5, 5.41) is 8.46. The summed E-state index contributed by atoms with van der Waals surface area (Å²) in [6.45, 7) is 6.22. The summed E-state index contributed by atoms with van der Waals surface area (Å²) in [5.74, 6) is 6.51. The normalized spacial score (nSPS) is 12.2. The first-order chi connectivity index (χ1) is 16.0. The Labute approximate surface area is 197 Å². The van der Waals surface area contributed by atoms with Crippen LogP contribution in [0.2, 0.25) is 0 Å². The quantitative estimate of drug-likeness (QED) is 0.163. The van der Waals surface area contributed by atoms with E-state index in [1.165, 1.54) is 0 Å². The van der Waals surface area contributed by atoms with Gasteiger partial charge in [-0.15, -0.1) is 0 Å². The van der Waals surface area contributed by atoms with Gasteiger partial charge in [0.25, 0.3) is 5.91 Å². The van der Waals surface area contributed by atoms with Crippen LogP contribution in [-0.2, 0) is 14.3 Å². The van der Waals surface area contributed by atoms with Crippen LogP contribution in [0.4, 0.5) is 0 Å². The van der Waals surface area contributed by atoms with Crippen molar-refractivity contribution in [3.05, 3.63) is 29.8 Å². The van der Waals surface area contributed by atoms with E-state index in [1.807, 2.05) is 7.05 Å². The van der Waals surface area contributed by atoms with E-state index in [1.54, 1.807) is 24.3 Å². The van der Waals surface area contributed by atoms with E-state index in [4.69, 9.17) is 19.9 Å². The Bertz CT molecular complexity index is 763. The average Bonchev–Trinajstić information content (AvgIpc) is 2.80. The smallest absolute Gasteiger partial charge is 0.251 e. The average molecular weight is 463 g/mol. The standard InChI is InChI=1S/C24H38N4O5/c1-4-7-19(2)8-6-11-27-23(29)18-31-14-15-32-22(25)17-33-21-10-5-9-20(16-21)24(30)28-13-12-26-3/h5,9-10,16,19,22,26H,4,7,11-15,17-18,25H2,1-3H3,(H,27,29)(H,28,30). The van der Waals surface area contributed by atoms with Crippen LogP contribution in [-0.4, -0.2) is 71.2 Å². The molecule has 1 rings (SSSR count). The van der Waals surface area contributed by atoms with Gasteiger partial charge in [0, 0.05) is 24.6 Å². The number of hydrogen-bond donors (Lipinski definition) is 4. The van der Waals surface area contributed by atoms with Crippen LogP contribution in [0.5, 0.6) is 5.75 Å². The van der Waals surface area contributed by atoms with E-state index in [-0.39, 0.29) is 38.2 Å². The predicted molar refractivity (Wildman–Crippen MR) is 128 cm³/mol. The highest BCUT2D eigenvalue weighted by molar-refractivity contribution is 5.94. The summed E-state index contributed by atoms with van der Waals surface area (Å²) in [6.07, 6.45) is 1.48. The van der Waals surface area contributed by atoms with Gasteiger partial charge in [-0.25, -0.2) is 0 Å². The summed E-state index contributed by atoms with van der Waals surface area (Å²) in [5.41, 5.74) is 6.39. The Morgan fingerprint density at radius 2 is 2.00 bits per heavy atom. The van der Waals surface area contributed by atoms with E-state index in [2.05, 4.69) is 41.6 Å². The molecule has 5 N–H and O–H groups in total. The minimum atomic E-state index is -0.670. The van der Waals surface area contributed by atoms with Gasteiger partial charge in [0.05, 0.1) is 19.8 Å². The van der Waals surface area contributed by atoms with Crippen LogP contribution in [0.15, 0.2) is 24.3 Å². The molecule has 2 atom stereocenters. The van der Waals surface area contributed by atoms with Crippen LogP contribution >= 0.6 is 0 Å². The molecule has 0 fully saturated rings. The van der Waals surface area contributed by atoms with Crippen LogP contribution < -0.4 is 26.4 Å². The summed E-state index contributed by atoms with van der Waals surface area (Å²) >= 11 is 0. The fraction of sp³-hybridized carbons (Fsp3) is 0.583. The lowest BCUT2D eigenvalue weighted by atomic mass is 10.1. The molecule has 33 heavy (non-hydrogen) atoms. The van der Waals surface area contributed by atoms with E-state index in [0.29, 0.717) is 36.9 Å². The first-order valence-corrected chi connectivity index (χ1v) is 11.3. The van der Waals surface area contributed by atoms with Gasteiger partial charge in [-0.3, -0.25) is 9.59 Å². The van der Waals surface area contributed by atoms with Gasteiger partial charge in [-0.05, 0) is 31.7 Å². The monoisotopic (exact) mass is 462 g/mol. The topological polar surface area (TPSA) is 124 Å². The first kappa shape index (κ1) is 28.4. The van der Waals surface area contributed by atoms with Gasteiger partial charge in [-0.2, -0.15) is 0 Å². The maximum atomic E-state index is 12.1. The van der Waals surface area contributed by atoms with Gasteiger partial charge in [0.15, 0.2) is 0 Å². The molecule has 0 aliphatic rings. The lowest BCUT2D eigenvalue weighted by Crippen LogP contribution is -2.33. The minimum Gasteiger partial charge on any atom is -0.489 e. The van der Waals surface area contributed by atoms with E-state index in [0.717, 1.165) is 12.8 Å². The number of nitrogens with two attached hydrogens (primary N) is 1. The molecule has 0 bridgehead atoms. The second-order valence-corrected chi connectivity index (χ2v) is 7.45. The molecule has 0 saturated carbocycles. The van der Waals surface area contributed by atoms with Crippen LogP contribution in [0.3, 0.4) is 0 Å². The molecule has 0 aromatic heterocycles. The maximum absolute atomic E-state index is 12.1. The number of carbonyl (C=O) groups is 2. The summed E-state index contributed by atoms with van der Waals surface area (Å²) in [6, 6.07) is 6.85.